The fourth-order valence-electron chi connectivity index (χ4n) is 2.19. The van der Waals surface area contributed by atoms with Crippen LogP contribution in [0.3, 0.4) is 0 Å². The predicted octanol–water partition coefficient (Wildman–Crippen LogP) is 3.37. The van der Waals surface area contributed by atoms with Gasteiger partial charge in [0.05, 0.1) is 6.04 Å². The van der Waals surface area contributed by atoms with E-state index < -0.39 is 0 Å². The molecule has 6 heteroatoms. The number of hydrogen-bond donors (Lipinski definition) is 1. The molecule has 1 unspecified atom stereocenters. The van der Waals surface area contributed by atoms with Crippen LogP contribution in [0.25, 0.3) is 11.3 Å². The van der Waals surface area contributed by atoms with Crippen LogP contribution in [0.4, 0.5) is 4.39 Å². The molecule has 0 saturated carbocycles. The van der Waals surface area contributed by atoms with Crippen molar-refractivity contribution in [3.05, 3.63) is 72.3 Å². The summed E-state index contributed by atoms with van der Waals surface area (Å²) in [5, 5.41) is 2.84. The van der Waals surface area contributed by atoms with Crippen LogP contribution in [0.1, 0.15) is 29.0 Å². The monoisotopic (exact) mass is 311 g/mol. The minimum Gasteiger partial charge on any atom is -0.443 e. The first-order valence-electron chi connectivity index (χ1n) is 7.05. The van der Waals surface area contributed by atoms with Crippen molar-refractivity contribution < 1.29 is 13.6 Å². The Balaban J connectivity index is 1.81. The van der Waals surface area contributed by atoms with E-state index in [-0.39, 0.29) is 23.5 Å². The Kier molecular flexibility index (Phi) is 4.14. The molecule has 0 aliphatic rings. The molecule has 0 fully saturated rings. The van der Waals surface area contributed by atoms with Crippen LogP contribution >= 0.6 is 0 Å². The van der Waals surface area contributed by atoms with Gasteiger partial charge < -0.3 is 9.73 Å². The van der Waals surface area contributed by atoms with E-state index in [0.29, 0.717) is 11.3 Å². The largest absolute Gasteiger partial charge is 0.443 e. The zero-order chi connectivity index (χ0) is 16.2. The van der Waals surface area contributed by atoms with Gasteiger partial charge in [-0.2, -0.15) is 0 Å². The van der Waals surface area contributed by atoms with Gasteiger partial charge in [0.2, 0.25) is 0 Å². The Morgan fingerprint density at radius 1 is 1.26 bits per heavy atom. The number of oxazole rings is 1. The summed E-state index contributed by atoms with van der Waals surface area (Å²) in [6.45, 7) is 1.85. The first kappa shape index (κ1) is 14.9. The summed E-state index contributed by atoms with van der Waals surface area (Å²) < 4.78 is 18.3. The number of nitrogens with one attached hydrogen (secondary N) is 1. The van der Waals surface area contributed by atoms with Crippen molar-refractivity contribution in [1.29, 1.82) is 0 Å². The molecule has 0 aliphatic carbocycles. The molecule has 116 valence electrons. The maximum atomic E-state index is 13.0. The standard InChI is InChI=1S/C17H14FN3O2/c1-11(13-3-2-8-19-9-13)21-17(22)15-16(23-10-20-15)12-4-6-14(18)7-5-12/h2-11H,1H3,(H,21,22). The third-order valence-electron chi connectivity index (χ3n) is 3.42. The number of nitrogens with zero attached hydrogens (tertiary/aromatic N) is 2. The second-order valence-corrected chi connectivity index (χ2v) is 5.02. The van der Waals surface area contributed by atoms with Crippen molar-refractivity contribution in [2.45, 2.75) is 13.0 Å². The molecule has 2 aromatic heterocycles. The Bertz CT molecular complexity index is 800. The Labute approximate surface area is 132 Å². The second kappa shape index (κ2) is 6.39. The van der Waals surface area contributed by atoms with E-state index >= 15 is 0 Å². The molecule has 0 bridgehead atoms. The Hall–Kier alpha value is -3.02. The molecule has 0 spiro atoms. The van der Waals surface area contributed by atoms with Crippen molar-refractivity contribution in [2.75, 3.05) is 0 Å². The first-order valence-corrected chi connectivity index (χ1v) is 7.05. The average Bonchev–Trinajstić information content (AvgIpc) is 3.06. The first-order chi connectivity index (χ1) is 11.1. The third kappa shape index (κ3) is 3.26. The molecule has 2 heterocycles. The molecule has 0 radical (unpaired) electrons. The number of benzene rings is 1. The predicted molar refractivity (Wildman–Crippen MR) is 82.0 cm³/mol. The second-order valence-electron chi connectivity index (χ2n) is 5.02. The number of aromatic nitrogens is 2. The van der Waals surface area contributed by atoms with Gasteiger partial charge in [0, 0.05) is 18.0 Å². The van der Waals surface area contributed by atoms with E-state index in [9.17, 15) is 9.18 Å². The lowest BCUT2D eigenvalue weighted by Gasteiger charge is -2.13. The van der Waals surface area contributed by atoms with E-state index in [1.807, 2.05) is 13.0 Å². The molecular weight excluding hydrogens is 297 g/mol. The number of carbonyl (C=O) groups is 1. The van der Waals surface area contributed by atoms with Crippen LogP contribution in [0, 0.1) is 5.82 Å². The van der Waals surface area contributed by atoms with Crippen LogP contribution in [-0.4, -0.2) is 15.9 Å². The normalized spacial score (nSPS) is 11.9. The molecule has 3 rings (SSSR count). The van der Waals surface area contributed by atoms with Crippen molar-refractivity contribution in [1.82, 2.24) is 15.3 Å². The van der Waals surface area contributed by atoms with Gasteiger partial charge in [0.15, 0.2) is 17.8 Å². The van der Waals surface area contributed by atoms with E-state index in [4.69, 9.17) is 4.42 Å². The van der Waals surface area contributed by atoms with Gasteiger partial charge in [-0.3, -0.25) is 9.78 Å². The number of pyridine rings is 1. The maximum Gasteiger partial charge on any atom is 0.274 e. The highest BCUT2D eigenvalue weighted by molar-refractivity contribution is 5.97. The minimum absolute atomic E-state index is 0.160. The number of hydrogen-bond acceptors (Lipinski definition) is 4. The lowest BCUT2D eigenvalue weighted by Crippen LogP contribution is -2.27. The molecule has 1 N–H and O–H groups in total. The molecule has 0 saturated heterocycles. The summed E-state index contributed by atoms with van der Waals surface area (Å²) >= 11 is 0. The minimum atomic E-state index is -0.366. The molecule has 3 aromatic rings. The van der Waals surface area contributed by atoms with Crippen molar-refractivity contribution in [3.63, 3.8) is 0 Å². The van der Waals surface area contributed by atoms with E-state index in [2.05, 4.69) is 15.3 Å². The number of rotatable bonds is 4. The van der Waals surface area contributed by atoms with Crippen LogP contribution in [0.5, 0.6) is 0 Å². The van der Waals surface area contributed by atoms with Crippen LogP contribution in [-0.2, 0) is 0 Å². The fraction of sp³-hybridized carbons (Fsp3) is 0.118. The molecule has 1 atom stereocenters. The van der Waals surface area contributed by atoms with Gasteiger partial charge in [0.25, 0.3) is 5.91 Å². The van der Waals surface area contributed by atoms with Crippen LogP contribution < -0.4 is 5.32 Å². The van der Waals surface area contributed by atoms with Crippen molar-refractivity contribution in [3.8, 4) is 11.3 Å². The molecule has 1 aromatic carbocycles. The lowest BCUT2D eigenvalue weighted by atomic mass is 10.1. The molecule has 23 heavy (non-hydrogen) atoms. The van der Waals surface area contributed by atoms with Gasteiger partial charge in [-0.05, 0) is 42.8 Å². The topological polar surface area (TPSA) is 68.0 Å². The van der Waals surface area contributed by atoms with E-state index in [1.54, 1.807) is 18.5 Å². The molecule has 0 aliphatic heterocycles. The fourth-order valence-corrected chi connectivity index (χ4v) is 2.19. The van der Waals surface area contributed by atoms with Gasteiger partial charge in [-0.25, -0.2) is 9.37 Å². The maximum absolute atomic E-state index is 13.0. The number of halogens is 1. The number of amides is 1. The van der Waals surface area contributed by atoms with E-state index in [1.165, 1.54) is 30.7 Å². The summed E-state index contributed by atoms with van der Waals surface area (Å²) in [5.74, 6) is -0.417. The summed E-state index contributed by atoms with van der Waals surface area (Å²) in [5.41, 5.74) is 1.63. The zero-order valence-electron chi connectivity index (χ0n) is 12.4. The summed E-state index contributed by atoms with van der Waals surface area (Å²) in [6.07, 6.45) is 4.55. The van der Waals surface area contributed by atoms with Gasteiger partial charge in [-0.1, -0.05) is 6.07 Å². The summed E-state index contributed by atoms with van der Waals surface area (Å²) in [4.78, 5) is 20.4. The quantitative estimate of drug-likeness (QED) is 0.802. The highest BCUT2D eigenvalue weighted by Crippen LogP contribution is 2.24. The van der Waals surface area contributed by atoms with Crippen LogP contribution in [0.15, 0.2) is 59.6 Å². The third-order valence-corrected chi connectivity index (χ3v) is 3.42. The molecule has 5 nitrogen and oxygen atoms in total. The van der Waals surface area contributed by atoms with Crippen molar-refractivity contribution in [2.24, 2.45) is 0 Å². The van der Waals surface area contributed by atoms with Crippen molar-refractivity contribution >= 4 is 5.91 Å². The molecule has 1 amide bonds. The van der Waals surface area contributed by atoms with Gasteiger partial charge in [0.1, 0.15) is 5.82 Å². The highest BCUT2D eigenvalue weighted by Gasteiger charge is 2.20. The van der Waals surface area contributed by atoms with Crippen LogP contribution in [0.2, 0.25) is 0 Å². The van der Waals surface area contributed by atoms with Gasteiger partial charge in [-0.15, -0.1) is 0 Å². The van der Waals surface area contributed by atoms with Gasteiger partial charge >= 0.3 is 0 Å². The molecular formula is C17H14FN3O2. The summed E-state index contributed by atoms with van der Waals surface area (Å²) in [6, 6.07) is 9.14. The smallest absolute Gasteiger partial charge is 0.274 e. The highest BCUT2D eigenvalue weighted by atomic mass is 19.1. The van der Waals surface area contributed by atoms with E-state index in [0.717, 1.165) is 5.56 Å². The SMILES string of the molecule is CC(NC(=O)c1ncoc1-c1ccc(F)cc1)c1cccnc1. The number of carbonyl (C=O) groups excluding carboxylic acids is 1. The zero-order valence-corrected chi connectivity index (χ0v) is 12.4. The average molecular weight is 311 g/mol. The lowest BCUT2D eigenvalue weighted by molar-refractivity contribution is 0.0935. The summed E-state index contributed by atoms with van der Waals surface area (Å²) in [7, 11) is 0. The Morgan fingerprint density at radius 2 is 2.04 bits per heavy atom. The Morgan fingerprint density at radius 3 is 2.74 bits per heavy atom.